The molecule has 4 aromatic rings. The number of hydrogen-bond donors (Lipinski definition) is 1. The maximum Gasteiger partial charge on any atom is 0.355 e. The third-order valence-corrected chi connectivity index (χ3v) is 10.4. The van der Waals surface area contributed by atoms with E-state index in [0.29, 0.717) is 12.8 Å². The van der Waals surface area contributed by atoms with Gasteiger partial charge in [-0.15, -0.1) is 0 Å². The number of sulfone groups is 1. The number of nitrogens with zero attached hydrogens (tertiary/aromatic N) is 6. The van der Waals surface area contributed by atoms with Gasteiger partial charge in [-0.2, -0.15) is 4.98 Å². The van der Waals surface area contributed by atoms with Crippen molar-refractivity contribution in [2.45, 2.75) is 42.5 Å². The minimum absolute atomic E-state index is 0.0351. The Bertz CT molecular complexity index is 1980. The van der Waals surface area contributed by atoms with Crippen LogP contribution in [0.3, 0.4) is 0 Å². The van der Waals surface area contributed by atoms with Crippen molar-refractivity contribution in [3.05, 3.63) is 77.4 Å². The summed E-state index contributed by atoms with van der Waals surface area (Å²) in [6, 6.07) is 6.94. The molecule has 11 nitrogen and oxygen atoms in total. The molecule has 1 N–H and O–H groups in total. The fourth-order valence-electron chi connectivity index (χ4n) is 5.68. The lowest BCUT2D eigenvalue weighted by Crippen LogP contribution is -2.54. The third kappa shape index (κ3) is 4.78. The van der Waals surface area contributed by atoms with Gasteiger partial charge in [-0.1, -0.05) is 19.1 Å². The van der Waals surface area contributed by atoms with Crippen LogP contribution in [0.4, 0.5) is 14.6 Å². The lowest BCUT2D eigenvalue weighted by Gasteiger charge is -2.40. The number of hydrogen-bond acceptors (Lipinski definition) is 9. The second kappa shape index (κ2) is 11.1. The molecule has 0 radical (unpaired) electrons. The topological polar surface area (TPSA) is 139 Å². The molecule has 44 heavy (non-hydrogen) atoms. The summed E-state index contributed by atoms with van der Waals surface area (Å²) in [7, 11) is -3.96. The lowest BCUT2D eigenvalue weighted by atomic mass is 10.0. The molecule has 1 saturated carbocycles. The van der Waals surface area contributed by atoms with Crippen molar-refractivity contribution in [3.63, 3.8) is 0 Å². The predicted octanol–water partition coefficient (Wildman–Crippen LogP) is 3.38. The second-order valence-corrected chi connectivity index (χ2v) is 13.0. The number of aromatic hydroxyl groups is 1. The van der Waals surface area contributed by atoms with Gasteiger partial charge in [0.25, 0.3) is 0 Å². The van der Waals surface area contributed by atoms with Crippen molar-refractivity contribution < 1.29 is 27.1 Å². The van der Waals surface area contributed by atoms with Gasteiger partial charge in [0.15, 0.2) is 16.5 Å². The monoisotopic (exact) mass is 622 g/mol. The quantitative estimate of drug-likeness (QED) is 0.321. The van der Waals surface area contributed by atoms with Crippen molar-refractivity contribution in [2.24, 2.45) is 0 Å². The van der Waals surface area contributed by atoms with E-state index in [1.54, 1.807) is 9.80 Å². The lowest BCUT2D eigenvalue weighted by molar-refractivity contribution is -0.126. The minimum Gasteiger partial charge on any atom is -0.507 e. The van der Waals surface area contributed by atoms with Crippen LogP contribution in [0.5, 0.6) is 5.75 Å². The van der Waals surface area contributed by atoms with Gasteiger partial charge in [0.1, 0.15) is 23.1 Å². The van der Waals surface area contributed by atoms with Crippen LogP contribution in [0.25, 0.3) is 28.0 Å². The van der Waals surface area contributed by atoms with Crippen molar-refractivity contribution in [2.75, 3.05) is 24.5 Å². The molecule has 2 fully saturated rings. The standard InChI is InChI=1S/C30H28F2N6O5S/c1-3-24(40)36-13-14-37(17(2)16-36)27-19-15-21(32)26(25-20(31)9-5-11-23(25)39)34-28(19)38(30(41)35-27)22-10-6-12-33-29(22)44(42,43)18-7-4-8-18/h3,5-6,9-12,15,17-18,39H,1,4,7-8,13-14,16H2,2H3/t17-/m0/s1. The molecule has 2 aliphatic rings. The number of carbonyl (C=O) groups is 1. The Balaban J connectivity index is 1.63. The van der Waals surface area contributed by atoms with E-state index in [2.05, 4.69) is 21.5 Å². The molecule has 1 saturated heterocycles. The first kappa shape index (κ1) is 29.4. The second-order valence-electron chi connectivity index (χ2n) is 10.8. The van der Waals surface area contributed by atoms with E-state index in [0.717, 1.165) is 23.1 Å². The van der Waals surface area contributed by atoms with Gasteiger partial charge in [0, 0.05) is 31.9 Å². The van der Waals surface area contributed by atoms with Crippen LogP contribution in [0.2, 0.25) is 0 Å². The number of phenolic OH excluding ortho intramolecular Hbond substituents is 1. The summed E-state index contributed by atoms with van der Waals surface area (Å²) < 4.78 is 58.8. The van der Waals surface area contributed by atoms with Crippen LogP contribution >= 0.6 is 0 Å². The Morgan fingerprint density at radius 2 is 1.89 bits per heavy atom. The highest BCUT2D eigenvalue weighted by Gasteiger charge is 2.37. The number of rotatable bonds is 6. The summed E-state index contributed by atoms with van der Waals surface area (Å²) in [5, 5.41) is 9.46. The van der Waals surface area contributed by atoms with Crippen LogP contribution in [0.15, 0.2) is 65.1 Å². The Kier molecular flexibility index (Phi) is 7.40. The number of aromatic nitrogens is 4. The van der Waals surface area contributed by atoms with E-state index in [4.69, 9.17) is 0 Å². The van der Waals surface area contributed by atoms with Crippen LogP contribution in [0, 0.1) is 11.6 Å². The molecule has 3 aromatic heterocycles. The molecular weight excluding hydrogens is 594 g/mol. The first-order valence-electron chi connectivity index (χ1n) is 14.0. The number of carbonyl (C=O) groups excluding carboxylic acids is 1. The summed E-state index contributed by atoms with van der Waals surface area (Å²) >= 11 is 0. The average Bonchev–Trinajstić information content (AvgIpc) is 2.96. The van der Waals surface area contributed by atoms with Gasteiger partial charge in [0.2, 0.25) is 15.7 Å². The Labute approximate surface area is 251 Å². The first-order chi connectivity index (χ1) is 21.0. The molecule has 0 unspecified atom stereocenters. The smallest absolute Gasteiger partial charge is 0.355 e. The van der Waals surface area contributed by atoms with Gasteiger partial charge < -0.3 is 14.9 Å². The summed E-state index contributed by atoms with van der Waals surface area (Å²) in [4.78, 5) is 42.2. The zero-order valence-electron chi connectivity index (χ0n) is 23.7. The van der Waals surface area contributed by atoms with E-state index in [9.17, 15) is 27.5 Å². The normalized spacial score (nSPS) is 17.5. The highest BCUT2D eigenvalue weighted by molar-refractivity contribution is 7.92. The Morgan fingerprint density at radius 1 is 1.11 bits per heavy atom. The van der Waals surface area contributed by atoms with Gasteiger partial charge in [0.05, 0.1) is 21.9 Å². The molecule has 1 atom stereocenters. The maximum absolute atomic E-state index is 15.8. The van der Waals surface area contributed by atoms with Gasteiger partial charge in [-0.05, 0) is 56.2 Å². The van der Waals surface area contributed by atoms with Crippen molar-refractivity contribution in [1.82, 2.24) is 24.4 Å². The molecule has 0 bridgehead atoms. The zero-order valence-corrected chi connectivity index (χ0v) is 24.5. The summed E-state index contributed by atoms with van der Waals surface area (Å²) in [6.45, 7) is 6.10. The molecule has 1 aliphatic heterocycles. The van der Waals surface area contributed by atoms with Crippen molar-refractivity contribution >= 4 is 32.6 Å². The van der Waals surface area contributed by atoms with E-state index in [1.807, 2.05) is 6.92 Å². The zero-order chi connectivity index (χ0) is 31.3. The van der Waals surface area contributed by atoms with E-state index < -0.39 is 49.4 Å². The van der Waals surface area contributed by atoms with Crippen LogP contribution in [0.1, 0.15) is 26.2 Å². The fraction of sp³-hybridized carbons (Fsp3) is 0.300. The predicted molar refractivity (Wildman–Crippen MR) is 158 cm³/mol. The number of fused-ring (bicyclic) bond motifs is 1. The van der Waals surface area contributed by atoms with Crippen LogP contribution < -0.4 is 10.6 Å². The van der Waals surface area contributed by atoms with E-state index in [1.165, 1.54) is 36.5 Å². The fourth-order valence-corrected chi connectivity index (χ4v) is 7.60. The van der Waals surface area contributed by atoms with Crippen molar-refractivity contribution in [3.8, 4) is 22.7 Å². The Morgan fingerprint density at radius 3 is 2.55 bits per heavy atom. The van der Waals surface area contributed by atoms with E-state index >= 15 is 4.39 Å². The Hall–Kier alpha value is -4.72. The number of phenols is 1. The first-order valence-corrected chi connectivity index (χ1v) is 15.6. The molecule has 6 rings (SSSR count). The van der Waals surface area contributed by atoms with Crippen LogP contribution in [-0.2, 0) is 14.6 Å². The highest BCUT2D eigenvalue weighted by atomic mass is 32.2. The van der Waals surface area contributed by atoms with Gasteiger partial charge in [-0.25, -0.2) is 36.5 Å². The molecule has 1 aliphatic carbocycles. The van der Waals surface area contributed by atoms with E-state index in [-0.39, 0.29) is 59.1 Å². The molecule has 14 heteroatoms. The molecule has 4 heterocycles. The molecular formula is C30H28F2N6O5S. The van der Waals surface area contributed by atoms with Crippen LogP contribution in [-0.4, -0.2) is 74.8 Å². The molecule has 1 aromatic carbocycles. The number of benzene rings is 1. The third-order valence-electron chi connectivity index (χ3n) is 8.17. The number of halogens is 2. The minimum atomic E-state index is -3.96. The molecule has 1 amide bonds. The van der Waals surface area contributed by atoms with Gasteiger partial charge in [-0.3, -0.25) is 4.79 Å². The number of anilines is 1. The summed E-state index contributed by atoms with van der Waals surface area (Å²) in [5.41, 5.74) is -2.38. The SMILES string of the molecule is C=CC(=O)N1CCN(c2nc(=O)n(-c3cccnc3S(=O)(=O)C3CCC3)c3nc(-c4c(O)cccc4F)c(F)cc23)[C@@H](C)C1. The largest absolute Gasteiger partial charge is 0.507 e. The number of pyridine rings is 2. The van der Waals surface area contributed by atoms with Gasteiger partial charge >= 0.3 is 5.69 Å². The number of piperazine rings is 1. The summed E-state index contributed by atoms with van der Waals surface area (Å²) in [5.74, 6) is -2.74. The summed E-state index contributed by atoms with van der Waals surface area (Å²) in [6.07, 6.45) is 4.14. The number of amides is 1. The molecule has 228 valence electrons. The molecule has 0 spiro atoms. The maximum atomic E-state index is 15.8. The highest BCUT2D eigenvalue weighted by Crippen LogP contribution is 2.37. The average molecular weight is 623 g/mol. The van der Waals surface area contributed by atoms with Crippen molar-refractivity contribution in [1.29, 1.82) is 0 Å².